The lowest BCUT2D eigenvalue weighted by Gasteiger charge is -2.01. The lowest BCUT2D eigenvalue weighted by atomic mass is 10.2. The molecule has 0 aliphatic carbocycles. The predicted molar refractivity (Wildman–Crippen MR) is 72.9 cm³/mol. The van der Waals surface area contributed by atoms with Gasteiger partial charge in [0.25, 0.3) is 0 Å². The van der Waals surface area contributed by atoms with E-state index in [2.05, 4.69) is 4.98 Å². The second kappa shape index (κ2) is 4.90. The summed E-state index contributed by atoms with van der Waals surface area (Å²) in [6, 6.07) is 8.46. The summed E-state index contributed by atoms with van der Waals surface area (Å²) in [5, 5.41) is 8.94. The predicted octanol–water partition coefficient (Wildman–Crippen LogP) is 3.34. The summed E-state index contributed by atoms with van der Waals surface area (Å²) >= 11 is 0. The van der Waals surface area contributed by atoms with E-state index in [1.807, 2.05) is 0 Å². The Morgan fingerprint density at radius 1 is 1.29 bits per heavy atom. The summed E-state index contributed by atoms with van der Waals surface area (Å²) < 4.78 is 24.0. The molecule has 6 heteroatoms. The number of carbonyl (C=O) groups is 1. The maximum absolute atomic E-state index is 13.5. The Kier molecular flexibility index (Phi) is 3.06. The van der Waals surface area contributed by atoms with E-state index in [-0.39, 0.29) is 11.5 Å². The van der Waals surface area contributed by atoms with Crippen LogP contribution in [0.3, 0.4) is 0 Å². The second-order valence-corrected chi connectivity index (χ2v) is 4.39. The van der Waals surface area contributed by atoms with Crippen LogP contribution in [0.4, 0.5) is 4.39 Å². The number of halogens is 1. The van der Waals surface area contributed by atoms with Crippen molar-refractivity contribution in [3.05, 3.63) is 47.8 Å². The normalized spacial score (nSPS) is 10.8. The zero-order chi connectivity index (χ0) is 15.0. The smallest absolute Gasteiger partial charge is 0.335 e. The van der Waals surface area contributed by atoms with Crippen LogP contribution in [0.25, 0.3) is 22.6 Å². The molecule has 21 heavy (non-hydrogen) atoms. The second-order valence-electron chi connectivity index (χ2n) is 4.39. The monoisotopic (exact) mass is 287 g/mol. The van der Waals surface area contributed by atoms with Crippen molar-refractivity contribution in [2.45, 2.75) is 0 Å². The molecule has 106 valence electrons. The lowest BCUT2D eigenvalue weighted by molar-refractivity contribution is 0.0697. The van der Waals surface area contributed by atoms with Crippen LogP contribution in [0.2, 0.25) is 0 Å². The molecule has 2 aromatic carbocycles. The summed E-state index contributed by atoms with van der Waals surface area (Å²) in [7, 11) is 1.43. The van der Waals surface area contributed by atoms with Crippen LogP contribution in [-0.4, -0.2) is 23.2 Å². The van der Waals surface area contributed by atoms with Crippen molar-refractivity contribution in [2.24, 2.45) is 0 Å². The fraction of sp³-hybridized carbons (Fsp3) is 0.0667. The number of carboxylic acids is 1. The highest BCUT2D eigenvalue weighted by atomic mass is 19.1. The number of nitrogens with zero attached hydrogens (tertiary/aromatic N) is 1. The molecule has 0 radical (unpaired) electrons. The maximum atomic E-state index is 13.5. The fourth-order valence-corrected chi connectivity index (χ4v) is 1.99. The highest BCUT2D eigenvalue weighted by Gasteiger charge is 2.13. The van der Waals surface area contributed by atoms with Gasteiger partial charge in [0, 0.05) is 11.6 Å². The quantitative estimate of drug-likeness (QED) is 0.799. The highest BCUT2D eigenvalue weighted by molar-refractivity contribution is 5.92. The van der Waals surface area contributed by atoms with Crippen LogP contribution in [0, 0.1) is 5.82 Å². The van der Waals surface area contributed by atoms with Crippen molar-refractivity contribution in [2.75, 3.05) is 7.11 Å². The number of oxazole rings is 1. The maximum Gasteiger partial charge on any atom is 0.335 e. The molecule has 0 aliphatic rings. The van der Waals surface area contributed by atoms with E-state index in [1.54, 1.807) is 12.1 Å². The van der Waals surface area contributed by atoms with Crippen LogP contribution in [0.5, 0.6) is 5.75 Å². The standard InChI is InChI=1S/C15H10FNO4/c1-20-11-5-9(4-10(16)7-11)14-17-12-3-2-8(15(18)19)6-13(12)21-14/h2-7H,1H3,(H,18,19). The number of benzene rings is 2. The third-order valence-electron chi connectivity index (χ3n) is 2.99. The van der Waals surface area contributed by atoms with E-state index in [9.17, 15) is 9.18 Å². The molecule has 1 heterocycles. The Balaban J connectivity index is 2.12. The first-order chi connectivity index (χ1) is 10.1. The van der Waals surface area contributed by atoms with Gasteiger partial charge < -0.3 is 14.3 Å². The Morgan fingerprint density at radius 3 is 2.81 bits per heavy atom. The summed E-state index contributed by atoms with van der Waals surface area (Å²) in [5.74, 6) is -0.982. The summed E-state index contributed by atoms with van der Waals surface area (Å²) in [5.41, 5.74) is 1.34. The molecule has 0 bridgehead atoms. The molecule has 0 saturated heterocycles. The highest BCUT2D eigenvalue weighted by Crippen LogP contribution is 2.28. The number of fused-ring (bicyclic) bond motifs is 1. The SMILES string of the molecule is COc1cc(F)cc(-c2nc3ccc(C(=O)O)cc3o2)c1. The Bertz CT molecular complexity index is 841. The third-order valence-corrected chi connectivity index (χ3v) is 2.99. The Hall–Kier alpha value is -2.89. The van der Waals surface area contributed by atoms with E-state index in [0.717, 1.165) is 0 Å². The molecule has 5 nitrogen and oxygen atoms in total. The minimum atomic E-state index is -1.05. The molecular formula is C15H10FNO4. The number of carboxylic acid groups (broad SMARTS) is 1. The zero-order valence-corrected chi connectivity index (χ0v) is 11.0. The molecule has 1 aromatic heterocycles. The van der Waals surface area contributed by atoms with Crippen molar-refractivity contribution in [3.63, 3.8) is 0 Å². The van der Waals surface area contributed by atoms with Gasteiger partial charge in [-0.05, 0) is 30.3 Å². The third kappa shape index (κ3) is 2.43. The average Bonchev–Trinajstić information content (AvgIpc) is 2.89. The van der Waals surface area contributed by atoms with Gasteiger partial charge in [0.2, 0.25) is 5.89 Å². The first-order valence-corrected chi connectivity index (χ1v) is 6.05. The number of methoxy groups -OCH3 is 1. The number of aromatic nitrogens is 1. The van der Waals surface area contributed by atoms with Crippen LogP contribution in [-0.2, 0) is 0 Å². The molecule has 0 aliphatic heterocycles. The first kappa shape index (κ1) is 13.1. The minimum Gasteiger partial charge on any atom is -0.497 e. The molecule has 0 fully saturated rings. The van der Waals surface area contributed by atoms with Gasteiger partial charge in [0.05, 0.1) is 12.7 Å². The average molecular weight is 287 g/mol. The number of rotatable bonds is 3. The summed E-state index contributed by atoms with van der Waals surface area (Å²) in [6.07, 6.45) is 0. The lowest BCUT2D eigenvalue weighted by Crippen LogP contribution is -1.94. The van der Waals surface area contributed by atoms with E-state index in [0.29, 0.717) is 22.4 Å². The van der Waals surface area contributed by atoms with Crippen molar-refractivity contribution in [1.29, 1.82) is 0 Å². The van der Waals surface area contributed by atoms with Crippen LogP contribution >= 0.6 is 0 Å². The van der Waals surface area contributed by atoms with Crippen LogP contribution in [0.1, 0.15) is 10.4 Å². The molecule has 0 saturated carbocycles. The van der Waals surface area contributed by atoms with Gasteiger partial charge >= 0.3 is 5.97 Å². The van der Waals surface area contributed by atoms with E-state index in [4.69, 9.17) is 14.3 Å². The molecule has 3 rings (SSSR count). The van der Waals surface area contributed by atoms with E-state index in [1.165, 1.54) is 31.4 Å². The number of hydrogen-bond donors (Lipinski definition) is 1. The molecule has 0 amide bonds. The molecule has 0 spiro atoms. The van der Waals surface area contributed by atoms with E-state index < -0.39 is 11.8 Å². The molecule has 3 aromatic rings. The first-order valence-electron chi connectivity index (χ1n) is 6.05. The van der Waals surface area contributed by atoms with Gasteiger partial charge in [0.1, 0.15) is 17.1 Å². The van der Waals surface area contributed by atoms with E-state index >= 15 is 0 Å². The van der Waals surface area contributed by atoms with Crippen molar-refractivity contribution in [3.8, 4) is 17.2 Å². The molecule has 0 atom stereocenters. The van der Waals surface area contributed by atoms with Gasteiger partial charge in [-0.15, -0.1) is 0 Å². The van der Waals surface area contributed by atoms with Crippen molar-refractivity contribution >= 4 is 17.1 Å². The number of aromatic carboxylic acids is 1. The van der Waals surface area contributed by atoms with Crippen molar-refractivity contribution in [1.82, 2.24) is 4.98 Å². The summed E-state index contributed by atoms with van der Waals surface area (Å²) in [6.45, 7) is 0. The van der Waals surface area contributed by atoms with Gasteiger partial charge in [0.15, 0.2) is 5.58 Å². The van der Waals surface area contributed by atoms with Gasteiger partial charge in [-0.25, -0.2) is 14.2 Å². The zero-order valence-electron chi connectivity index (χ0n) is 11.0. The number of ether oxygens (including phenoxy) is 1. The van der Waals surface area contributed by atoms with Gasteiger partial charge in [-0.1, -0.05) is 0 Å². The van der Waals surface area contributed by atoms with Crippen molar-refractivity contribution < 1.29 is 23.4 Å². The van der Waals surface area contributed by atoms with Gasteiger partial charge in [-0.2, -0.15) is 0 Å². The Labute approximate surface area is 118 Å². The largest absolute Gasteiger partial charge is 0.497 e. The summed E-state index contributed by atoms with van der Waals surface area (Å²) in [4.78, 5) is 15.1. The number of hydrogen-bond acceptors (Lipinski definition) is 4. The minimum absolute atomic E-state index is 0.0991. The fourth-order valence-electron chi connectivity index (χ4n) is 1.99. The van der Waals surface area contributed by atoms with Gasteiger partial charge in [-0.3, -0.25) is 0 Å². The Morgan fingerprint density at radius 2 is 2.10 bits per heavy atom. The molecule has 1 N–H and O–H groups in total. The molecule has 0 unspecified atom stereocenters. The van der Waals surface area contributed by atoms with Crippen LogP contribution in [0.15, 0.2) is 40.8 Å². The van der Waals surface area contributed by atoms with Crippen LogP contribution < -0.4 is 4.74 Å². The molecular weight excluding hydrogens is 277 g/mol. The topological polar surface area (TPSA) is 72.6 Å².